The number of amides is 1. The number of carbonyl (C=O) groups is 1. The van der Waals surface area contributed by atoms with Gasteiger partial charge < -0.3 is 5.32 Å². The van der Waals surface area contributed by atoms with Crippen LogP contribution in [0.1, 0.15) is 24.2 Å². The van der Waals surface area contributed by atoms with Crippen molar-refractivity contribution in [2.45, 2.75) is 19.4 Å². The zero-order chi connectivity index (χ0) is 13.9. The number of nitriles is 1. The van der Waals surface area contributed by atoms with Gasteiger partial charge in [-0.2, -0.15) is 10.4 Å². The number of carbonyl (C=O) groups excluding carboxylic acids is 1. The lowest BCUT2D eigenvalue weighted by Crippen LogP contribution is -2.41. The van der Waals surface area contributed by atoms with Crippen LogP contribution in [0, 0.1) is 11.3 Å². The van der Waals surface area contributed by atoms with Crippen LogP contribution in [0.5, 0.6) is 0 Å². The zero-order valence-electron chi connectivity index (χ0n) is 10.8. The molecule has 0 fully saturated rings. The fraction of sp³-hybridized carbons (Fsp3) is 0.214. The first-order chi connectivity index (χ1) is 9.02. The Morgan fingerprint density at radius 1 is 1.37 bits per heavy atom. The van der Waals surface area contributed by atoms with Gasteiger partial charge in [-0.1, -0.05) is 18.2 Å². The van der Waals surface area contributed by atoms with Crippen LogP contribution in [-0.2, 0) is 0 Å². The van der Waals surface area contributed by atoms with E-state index in [2.05, 4.69) is 10.4 Å². The molecule has 0 unspecified atom stereocenters. The number of hydrogen-bond donors (Lipinski definition) is 1. The molecule has 2 rings (SSSR count). The highest BCUT2D eigenvalue weighted by molar-refractivity contribution is 5.94. The van der Waals surface area contributed by atoms with Crippen LogP contribution < -0.4 is 5.32 Å². The van der Waals surface area contributed by atoms with E-state index in [9.17, 15) is 4.79 Å². The molecule has 19 heavy (non-hydrogen) atoms. The molecule has 0 saturated carbocycles. The quantitative estimate of drug-likeness (QED) is 0.909. The van der Waals surface area contributed by atoms with Crippen molar-refractivity contribution >= 4 is 5.91 Å². The van der Waals surface area contributed by atoms with Gasteiger partial charge in [0.05, 0.1) is 23.5 Å². The molecule has 0 bridgehead atoms. The average molecular weight is 254 g/mol. The first-order valence-corrected chi connectivity index (χ1v) is 5.86. The second-order valence-corrected chi connectivity index (χ2v) is 4.70. The van der Waals surface area contributed by atoms with Crippen LogP contribution in [0.4, 0.5) is 0 Å². The molecule has 5 heteroatoms. The second kappa shape index (κ2) is 4.94. The Morgan fingerprint density at radius 2 is 2.05 bits per heavy atom. The molecule has 0 radical (unpaired) electrons. The van der Waals surface area contributed by atoms with Crippen molar-refractivity contribution in [2.24, 2.45) is 0 Å². The third-order valence-corrected chi connectivity index (χ3v) is 2.57. The Labute approximate surface area is 111 Å². The van der Waals surface area contributed by atoms with Gasteiger partial charge in [0.2, 0.25) is 0 Å². The number of hydrogen-bond acceptors (Lipinski definition) is 3. The number of para-hydroxylation sites is 1. The minimum Gasteiger partial charge on any atom is -0.334 e. The molecule has 0 aliphatic carbocycles. The van der Waals surface area contributed by atoms with Crippen LogP contribution in [0.3, 0.4) is 0 Å². The van der Waals surface area contributed by atoms with Gasteiger partial charge in [-0.25, -0.2) is 4.68 Å². The maximum absolute atomic E-state index is 11.9. The first-order valence-electron chi connectivity index (χ1n) is 5.86. The summed E-state index contributed by atoms with van der Waals surface area (Å²) in [4.78, 5) is 11.9. The van der Waals surface area contributed by atoms with E-state index in [0.717, 1.165) is 5.69 Å². The predicted molar refractivity (Wildman–Crippen MR) is 70.7 cm³/mol. The zero-order valence-corrected chi connectivity index (χ0v) is 10.8. The monoisotopic (exact) mass is 254 g/mol. The SMILES string of the molecule is CC(C)(C#N)NC(=O)c1cnn(-c2ccccc2)c1. The highest BCUT2D eigenvalue weighted by Gasteiger charge is 2.21. The molecule has 2 aromatic rings. The van der Waals surface area contributed by atoms with Crippen molar-refractivity contribution in [3.8, 4) is 11.8 Å². The molecule has 1 N–H and O–H groups in total. The molecule has 0 atom stereocenters. The third-order valence-electron chi connectivity index (χ3n) is 2.57. The topological polar surface area (TPSA) is 70.7 Å². The van der Waals surface area contributed by atoms with Gasteiger partial charge in [0.1, 0.15) is 5.54 Å². The molecule has 1 aromatic heterocycles. The van der Waals surface area contributed by atoms with Gasteiger partial charge in [-0.3, -0.25) is 4.79 Å². The van der Waals surface area contributed by atoms with Crippen molar-refractivity contribution in [3.63, 3.8) is 0 Å². The Morgan fingerprint density at radius 3 is 2.68 bits per heavy atom. The van der Waals surface area contributed by atoms with Crippen LogP contribution >= 0.6 is 0 Å². The van der Waals surface area contributed by atoms with E-state index >= 15 is 0 Å². The molecule has 0 saturated heterocycles. The van der Waals surface area contributed by atoms with Crippen LogP contribution in [0.2, 0.25) is 0 Å². The summed E-state index contributed by atoms with van der Waals surface area (Å²) in [6.45, 7) is 3.29. The smallest absolute Gasteiger partial charge is 0.255 e. The Balaban J connectivity index is 2.19. The fourth-order valence-corrected chi connectivity index (χ4v) is 1.55. The summed E-state index contributed by atoms with van der Waals surface area (Å²) >= 11 is 0. The normalized spacial score (nSPS) is 10.8. The van der Waals surface area contributed by atoms with Crippen LogP contribution in [0.15, 0.2) is 42.7 Å². The molecule has 1 amide bonds. The molecule has 0 spiro atoms. The molecule has 5 nitrogen and oxygen atoms in total. The van der Waals surface area contributed by atoms with Crippen molar-refractivity contribution in [3.05, 3.63) is 48.3 Å². The van der Waals surface area contributed by atoms with Gasteiger partial charge in [-0.05, 0) is 26.0 Å². The van der Waals surface area contributed by atoms with E-state index in [0.29, 0.717) is 5.56 Å². The summed E-state index contributed by atoms with van der Waals surface area (Å²) in [5, 5.41) is 15.7. The maximum Gasteiger partial charge on any atom is 0.255 e. The summed E-state index contributed by atoms with van der Waals surface area (Å²) in [6.07, 6.45) is 3.12. The molecular weight excluding hydrogens is 240 g/mol. The van der Waals surface area contributed by atoms with Crippen molar-refractivity contribution < 1.29 is 4.79 Å². The maximum atomic E-state index is 11.9. The summed E-state index contributed by atoms with van der Waals surface area (Å²) < 4.78 is 1.62. The van der Waals surface area contributed by atoms with Crippen LogP contribution in [-0.4, -0.2) is 21.2 Å². The molecular formula is C14H14N4O. The summed E-state index contributed by atoms with van der Waals surface area (Å²) in [7, 11) is 0. The molecule has 1 heterocycles. The average Bonchev–Trinajstić information content (AvgIpc) is 2.89. The number of rotatable bonds is 3. The van der Waals surface area contributed by atoms with Crippen molar-refractivity contribution in [1.82, 2.24) is 15.1 Å². The van der Waals surface area contributed by atoms with Gasteiger partial charge in [0, 0.05) is 6.20 Å². The van der Waals surface area contributed by atoms with Gasteiger partial charge in [0.15, 0.2) is 0 Å². The summed E-state index contributed by atoms with van der Waals surface area (Å²) in [5.74, 6) is -0.311. The van der Waals surface area contributed by atoms with Gasteiger partial charge in [-0.15, -0.1) is 0 Å². The minimum atomic E-state index is -0.897. The fourth-order valence-electron chi connectivity index (χ4n) is 1.55. The number of nitrogens with one attached hydrogen (secondary N) is 1. The van der Waals surface area contributed by atoms with Gasteiger partial charge >= 0.3 is 0 Å². The standard InChI is InChI=1S/C14H14N4O/c1-14(2,10-15)17-13(19)11-8-16-18(9-11)12-6-4-3-5-7-12/h3-9H,1-2H3,(H,17,19). The van der Waals surface area contributed by atoms with E-state index < -0.39 is 5.54 Å². The molecule has 0 aliphatic heterocycles. The highest BCUT2D eigenvalue weighted by Crippen LogP contribution is 2.09. The lowest BCUT2D eigenvalue weighted by Gasteiger charge is -2.16. The van der Waals surface area contributed by atoms with E-state index in [1.54, 1.807) is 24.7 Å². The van der Waals surface area contributed by atoms with Crippen molar-refractivity contribution in [1.29, 1.82) is 5.26 Å². The van der Waals surface area contributed by atoms with E-state index in [1.165, 1.54) is 6.20 Å². The van der Waals surface area contributed by atoms with E-state index in [-0.39, 0.29) is 5.91 Å². The largest absolute Gasteiger partial charge is 0.334 e. The summed E-state index contributed by atoms with van der Waals surface area (Å²) in [5.41, 5.74) is 0.402. The second-order valence-electron chi connectivity index (χ2n) is 4.70. The first kappa shape index (κ1) is 12.8. The number of aromatic nitrogens is 2. The highest BCUT2D eigenvalue weighted by atomic mass is 16.1. The van der Waals surface area contributed by atoms with Gasteiger partial charge in [0.25, 0.3) is 5.91 Å². The third kappa shape index (κ3) is 2.99. The Hall–Kier alpha value is -2.61. The molecule has 96 valence electrons. The summed E-state index contributed by atoms with van der Waals surface area (Å²) in [6, 6.07) is 11.5. The minimum absolute atomic E-state index is 0.311. The number of benzene rings is 1. The number of nitrogens with zero attached hydrogens (tertiary/aromatic N) is 3. The van der Waals surface area contributed by atoms with Crippen molar-refractivity contribution in [2.75, 3.05) is 0 Å². The Bertz CT molecular complexity index is 622. The Kier molecular flexibility index (Phi) is 3.34. The lowest BCUT2D eigenvalue weighted by atomic mass is 10.1. The van der Waals surface area contributed by atoms with E-state index in [1.807, 2.05) is 36.4 Å². The van der Waals surface area contributed by atoms with E-state index in [4.69, 9.17) is 5.26 Å². The predicted octanol–water partition coefficient (Wildman–Crippen LogP) is 1.90. The molecule has 0 aliphatic rings. The molecule has 1 aromatic carbocycles. The lowest BCUT2D eigenvalue weighted by molar-refractivity contribution is 0.0929. The van der Waals surface area contributed by atoms with Crippen LogP contribution in [0.25, 0.3) is 5.69 Å².